The minimum absolute atomic E-state index is 0.168. The Bertz CT molecular complexity index is 838. The van der Waals surface area contributed by atoms with Crippen molar-refractivity contribution in [3.63, 3.8) is 0 Å². The van der Waals surface area contributed by atoms with Crippen LogP contribution in [0.4, 0.5) is 0 Å². The Kier molecular flexibility index (Phi) is 2.18. The molecule has 5 nitrogen and oxygen atoms in total. The Balaban J connectivity index is 1.77. The van der Waals surface area contributed by atoms with Crippen LogP contribution in [-0.4, -0.2) is 26.0 Å². The van der Waals surface area contributed by atoms with Crippen LogP contribution in [0.1, 0.15) is 33.2 Å². The molecule has 0 saturated carbocycles. The number of hydrogen-bond acceptors (Lipinski definition) is 3. The van der Waals surface area contributed by atoms with E-state index >= 15 is 0 Å². The molecule has 0 aliphatic heterocycles. The maximum atomic E-state index is 10.9. The molecule has 20 heavy (non-hydrogen) atoms. The number of aromatic nitrogens is 3. The number of hydrogen-bond donors (Lipinski definition) is 2. The highest BCUT2D eigenvalue weighted by atomic mass is 16.4. The second-order valence-corrected chi connectivity index (χ2v) is 4.98. The van der Waals surface area contributed by atoms with Crippen LogP contribution >= 0.6 is 0 Å². The predicted molar refractivity (Wildman–Crippen MR) is 72.8 cm³/mol. The van der Waals surface area contributed by atoms with Gasteiger partial charge in [-0.2, -0.15) is 0 Å². The summed E-state index contributed by atoms with van der Waals surface area (Å²) >= 11 is 0. The standard InChI is InChI=1S/C15H11N3O2/c19-15(20)9-6-12-14(16-7-9)18-13(17-12)11-5-8-3-1-2-4-10(8)11/h1-4,6-7,11H,5H2,(H,19,20)(H,16,17,18). The van der Waals surface area contributed by atoms with Crippen molar-refractivity contribution in [1.82, 2.24) is 15.0 Å². The van der Waals surface area contributed by atoms with Gasteiger partial charge in [0.2, 0.25) is 0 Å². The number of nitrogens with zero attached hydrogens (tertiary/aromatic N) is 2. The number of carbonyl (C=O) groups is 1. The number of benzene rings is 1. The van der Waals surface area contributed by atoms with Gasteiger partial charge in [-0.05, 0) is 23.6 Å². The molecule has 0 radical (unpaired) electrons. The topological polar surface area (TPSA) is 78.9 Å². The van der Waals surface area contributed by atoms with Crippen LogP contribution in [0, 0.1) is 0 Å². The number of carboxylic acid groups (broad SMARTS) is 1. The molecule has 0 spiro atoms. The highest BCUT2D eigenvalue weighted by Crippen LogP contribution is 2.38. The fourth-order valence-corrected chi connectivity index (χ4v) is 2.70. The normalized spacial score (nSPS) is 16.7. The zero-order valence-electron chi connectivity index (χ0n) is 10.5. The van der Waals surface area contributed by atoms with Crippen molar-refractivity contribution in [3.8, 4) is 0 Å². The Morgan fingerprint density at radius 3 is 3.00 bits per heavy atom. The van der Waals surface area contributed by atoms with Crippen LogP contribution in [0.15, 0.2) is 36.5 Å². The third-order valence-corrected chi connectivity index (χ3v) is 3.79. The number of fused-ring (bicyclic) bond motifs is 2. The average molecular weight is 265 g/mol. The van der Waals surface area contributed by atoms with E-state index in [1.54, 1.807) is 6.07 Å². The van der Waals surface area contributed by atoms with Crippen molar-refractivity contribution in [3.05, 3.63) is 59.0 Å². The maximum absolute atomic E-state index is 10.9. The lowest BCUT2D eigenvalue weighted by atomic mass is 9.77. The summed E-state index contributed by atoms with van der Waals surface area (Å²) in [4.78, 5) is 22.7. The van der Waals surface area contributed by atoms with Crippen LogP contribution in [0.25, 0.3) is 11.2 Å². The van der Waals surface area contributed by atoms with E-state index in [2.05, 4.69) is 27.1 Å². The first-order valence-corrected chi connectivity index (χ1v) is 6.39. The molecular weight excluding hydrogens is 254 g/mol. The SMILES string of the molecule is O=C(O)c1cnc2nc(C3Cc4ccccc43)[nH]c2c1. The average Bonchev–Trinajstić information content (AvgIpc) is 2.82. The van der Waals surface area contributed by atoms with Gasteiger partial charge in [-0.25, -0.2) is 14.8 Å². The van der Waals surface area contributed by atoms with Gasteiger partial charge >= 0.3 is 5.97 Å². The van der Waals surface area contributed by atoms with Gasteiger partial charge in [0, 0.05) is 12.1 Å². The number of rotatable bonds is 2. The highest BCUT2D eigenvalue weighted by molar-refractivity contribution is 5.90. The molecule has 4 rings (SSSR count). The maximum Gasteiger partial charge on any atom is 0.337 e. The molecule has 2 aromatic heterocycles. The number of aromatic amines is 1. The van der Waals surface area contributed by atoms with E-state index in [4.69, 9.17) is 5.11 Å². The molecule has 1 aliphatic carbocycles. The summed E-state index contributed by atoms with van der Waals surface area (Å²) in [6, 6.07) is 9.86. The molecule has 98 valence electrons. The van der Waals surface area contributed by atoms with Gasteiger partial charge in [0.15, 0.2) is 5.65 Å². The molecule has 2 N–H and O–H groups in total. The molecule has 1 aromatic carbocycles. The summed E-state index contributed by atoms with van der Waals surface area (Å²) in [5, 5.41) is 8.97. The summed E-state index contributed by atoms with van der Waals surface area (Å²) in [5.74, 6) is 0.131. The molecule has 1 unspecified atom stereocenters. The Labute approximate surface area is 114 Å². The van der Waals surface area contributed by atoms with Crippen LogP contribution in [-0.2, 0) is 6.42 Å². The number of imidazole rings is 1. The van der Waals surface area contributed by atoms with Crippen molar-refractivity contribution >= 4 is 17.1 Å². The predicted octanol–water partition coefficient (Wildman–Crippen LogP) is 2.34. The summed E-state index contributed by atoms with van der Waals surface area (Å²) in [6.07, 6.45) is 2.30. The van der Waals surface area contributed by atoms with Crippen molar-refractivity contribution in [2.24, 2.45) is 0 Å². The molecule has 1 aliphatic rings. The van der Waals surface area contributed by atoms with Crippen molar-refractivity contribution < 1.29 is 9.90 Å². The third-order valence-electron chi connectivity index (χ3n) is 3.79. The van der Waals surface area contributed by atoms with E-state index < -0.39 is 5.97 Å². The lowest BCUT2D eigenvalue weighted by Gasteiger charge is -2.28. The van der Waals surface area contributed by atoms with Crippen LogP contribution in [0.5, 0.6) is 0 Å². The Hall–Kier alpha value is -2.69. The minimum atomic E-state index is -0.982. The first kappa shape index (κ1) is 11.2. The van der Waals surface area contributed by atoms with E-state index in [0.717, 1.165) is 12.2 Å². The quantitative estimate of drug-likeness (QED) is 0.745. The van der Waals surface area contributed by atoms with E-state index in [0.29, 0.717) is 11.2 Å². The van der Waals surface area contributed by atoms with Gasteiger partial charge in [0.25, 0.3) is 0 Å². The zero-order valence-corrected chi connectivity index (χ0v) is 10.5. The fraction of sp³-hybridized carbons (Fsp3) is 0.133. The zero-order chi connectivity index (χ0) is 13.7. The molecular formula is C15H11N3O2. The fourth-order valence-electron chi connectivity index (χ4n) is 2.70. The first-order valence-electron chi connectivity index (χ1n) is 6.39. The molecule has 0 amide bonds. The van der Waals surface area contributed by atoms with Crippen LogP contribution in [0.3, 0.4) is 0 Å². The van der Waals surface area contributed by atoms with Crippen molar-refractivity contribution in [1.29, 1.82) is 0 Å². The van der Waals surface area contributed by atoms with E-state index in [9.17, 15) is 4.79 Å². The van der Waals surface area contributed by atoms with E-state index in [1.165, 1.54) is 17.3 Å². The third kappa shape index (κ3) is 1.53. The van der Waals surface area contributed by atoms with E-state index in [1.807, 2.05) is 12.1 Å². The molecule has 2 heterocycles. The van der Waals surface area contributed by atoms with Gasteiger partial charge in [-0.1, -0.05) is 24.3 Å². The summed E-state index contributed by atoms with van der Waals surface area (Å²) in [6.45, 7) is 0. The second kappa shape index (κ2) is 3.90. The van der Waals surface area contributed by atoms with Gasteiger partial charge in [-0.3, -0.25) is 0 Å². The second-order valence-electron chi connectivity index (χ2n) is 4.98. The summed E-state index contributed by atoms with van der Waals surface area (Å²) in [5.41, 5.74) is 4.03. The molecule has 1 atom stereocenters. The first-order chi connectivity index (χ1) is 9.72. The van der Waals surface area contributed by atoms with Gasteiger partial charge in [0.1, 0.15) is 5.82 Å². The number of carboxylic acids is 1. The monoisotopic (exact) mass is 265 g/mol. The largest absolute Gasteiger partial charge is 0.478 e. The molecule has 3 aromatic rings. The Morgan fingerprint density at radius 1 is 1.35 bits per heavy atom. The van der Waals surface area contributed by atoms with Crippen LogP contribution in [0.2, 0.25) is 0 Å². The lowest BCUT2D eigenvalue weighted by molar-refractivity contribution is 0.0696. The van der Waals surface area contributed by atoms with Gasteiger partial charge in [0.05, 0.1) is 11.1 Å². The minimum Gasteiger partial charge on any atom is -0.478 e. The number of H-pyrrole nitrogens is 1. The Morgan fingerprint density at radius 2 is 2.20 bits per heavy atom. The summed E-state index contributed by atoms with van der Waals surface area (Å²) in [7, 11) is 0. The smallest absolute Gasteiger partial charge is 0.337 e. The number of nitrogens with one attached hydrogen (secondary N) is 1. The number of pyridine rings is 1. The highest BCUT2D eigenvalue weighted by Gasteiger charge is 2.29. The van der Waals surface area contributed by atoms with Gasteiger partial charge < -0.3 is 10.1 Å². The molecule has 0 bridgehead atoms. The molecule has 0 saturated heterocycles. The van der Waals surface area contributed by atoms with Gasteiger partial charge in [-0.15, -0.1) is 0 Å². The van der Waals surface area contributed by atoms with Crippen molar-refractivity contribution in [2.75, 3.05) is 0 Å². The van der Waals surface area contributed by atoms with Crippen molar-refractivity contribution in [2.45, 2.75) is 12.3 Å². The number of aromatic carboxylic acids is 1. The molecule has 0 fully saturated rings. The summed E-state index contributed by atoms with van der Waals surface area (Å²) < 4.78 is 0. The van der Waals surface area contributed by atoms with Crippen LogP contribution < -0.4 is 0 Å². The lowest BCUT2D eigenvalue weighted by Crippen LogP contribution is -2.19. The molecule has 5 heteroatoms. The van der Waals surface area contributed by atoms with E-state index in [-0.39, 0.29) is 11.5 Å².